The fourth-order valence-electron chi connectivity index (χ4n) is 5.12. The van der Waals surface area contributed by atoms with Crippen LogP contribution in [0, 0.1) is 0 Å². The Balaban J connectivity index is 1.39. The first-order valence-electron chi connectivity index (χ1n) is 15.4. The number of sulfonamides is 1. The second kappa shape index (κ2) is 15.6. The molecule has 0 aliphatic carbocycles. The first-order chi connectivity index (χ1) is 24.9. The van der Waals surface area contributed by atoms with E-state index in [0.29, 0.717) is 17.1 Å². The van der Waals surface area contributed by atoms with Crippen molar-refractivity contribution in [2.75, 3.05) is 11.8 Å². The van der Waals surface area contributed by atoms with E-state index < -0.39 is 67.6 Å². The number of anilines is 1. The summed E-state index contributed by atoms with van der Waals surface area (Å²) in [6.45, 7) is 0. The second-order valence-electron chi connectivity index (χ2n) is 11.4. The third-order valence-corrected chi connectivity index (χ3v) is 9.28. The number of benzene rings is 5. The number of carbonyl (C=O) groups excluding carboxylic acids is 2. The highest BCUT2D eigenvalue weighted by molar-refractivity contribution is 7.92. The third-order valence-electron chi connectivity index (χ3n) is 7.70. The van der Waals surface area contributed by atoms with E-state index in [1.54, 1.807) is 24.3 Å². The molecule has 1 atom stereocenters. The number of halogens is 7. The molecule has 0 aromatic heterocycles. The maximum absolute atomic E-state index is 13.5. The Kier molecular flexibility index (Phi) is 11.4. The number of nitrogens with one attached hydrogen (secondary N) is 2. The molecule has 0 aliphatic rings. The molecule has 0 spiro atoms. The first kappa shape index (κ1) is 38.7. The molecule has 0 aliphatic heterocycles. The van der Waals surface area contributed by atoms with E-state index in [2.05, 4.69) is 5.32 Å². The summed E-state index contributed by atoms with van der Waals surface area (Å²) in [5, 5.41) is 2.36. The maximum Gasteiger partial charge on any atom is 0.416 e. The van der Waals surface area contributed by atoms with Crippen LogP contribution in [0.2, 0.25) is 5.02 Å². The van der Waals surface area contributed by atoms with Crippen LogP contribution in [0.1, 0.15) is 27.0 Å². The molecule has 5 aromatic carbocycles. The molecule has 8 nitrogen and oxygen atoms in total. The second-order valence-corrected chi connectivity index (χ2v) is 13.5. The van der Waals surface area contributed by atoms with Crippen molar-refractivity contribution in [3.8, 4) is 22.6 Å². The lowest BCUT2D eigenvalue weighted by Gasteiger charge is -2.19. The van der Waals surface area contributed by atoms with Crippen molar-refractivity contribution in [2.24, 2.45) is 0 Å². The van der Waals surface area contributed by atoms with Crippen LogP contribution in [0.25, 0.3) is 11.1 Å². The summed E-state index contributed by atoms with van der Waals surface area (Å²) >= 11 is 6.06. The number of ether oxygens (including phenoxy) is 2. The molecule has 0 radical (unpaired) electrons. The van der Waals surface area contributed by atoms with Crippen molar-refractivity contribution in [2.45, 2.75) is 29.7 Å². The summed E-state index contributed by atoms with van der Waals surface area (Å²) < 4.78 is 120. The monoisotopic (exact) mass is 776 g/mol. The minimum atomic E-state index is -5.32. The Hall–Kier alpha value is -5.54. The van der Waals surface area contributed by atoms with Crippen LogP contribution in [0.3, 0.4) is 0 Å². The van der Waals surface area contributed by atoms with E-state index in [4.69, 9.17) is 21.1 Å². The van der Waals surface area contributed by atoms with Gasteiger partial charge in [-0.1, -0.05) is 72.3 Å². The van der Waals surface area contributed by atoms with Crippen LogP contribution in [0.4, 0.5) is 32.0 Å². The van der Waals surface area contributed by atoms with Gasteiger partial charge in [-0.3, -0.25) is 9.52 Å². The highest BCUT2D eigenvalue weighted by atomic mass is 35.5. The zero-order valence-corrected chi connectivity index (χ0v) is 28.8. The van der Waals surface area contributed by atoms with Gasteiger partial charge in [-0.2, -0.15) is 26.3 Å². The van der Waals surface area contributed by atoms with E-state index in [1.807, 2.05) is 59.3 Å². The van der Waals surface area contributed by atoms with Gasteiger partial charge in [0.2, 0.25) is 0 Å². The summed E-state index contributed by atoms with van der Waals surface area (Å²) in [6, 6.07) is 25.1. The molecule has 0 fully saturated rings. The van der Waals surface area contributed by atoms with Crippen LogP contribution in [0.15, 0.2) is 120 Å². The number of alkyl halides is 6. The molecule has 0 saturated heterocycles. The van der Waals surface area contributed by atoms with Gasteiger partial charge in [0.05, 0.1) is 34.4 Å². The molecule has 53 heavy (non-hydrogen) atoms. The van der Waals surface area contributed by atoms with Crippen LogP contribution in [-0.4, -0.2) is 33.4 Å². The minimum Gasteiger partial charge on any atom is -0.467 e. The largest absolute Gasteiger partial charge is 0.467 e. The van der Waals surface area contributed by atoms with E-state index in [1.165, 1.54) is 0 Å². The van der Waals surface area contributed by atoms with Gasteiger partial charge < -0.3 is 14.8 Å². The average molecular weight is 777 g/mol. The van der Waals surface area contributed by atoms with Gasteiger partial charge in [0.1, 0.15) is 17.5 Å². The summed E-state index contributed by atoms with van der Waals surface area (Å²) in [5.41, 5.74) is -2.65. The van der Waals surface area contributed by atoms with Crippen molar-refractivity contribution in [3.63, 3.8) is 0 Å². The number of amides is 1. The van der Waals surface area contributed by atoms with Crippen LogP contribution < -0.4 is 14.8 Å². The smallest absolute Gasteiger partial charge is 0.416 e. The summed E-state index contributed by atoms with van der Waals surface area (Å²) in [7, 11) is -4.09. The number of hydrogen-bond donors (Lipinski definition) is 2. The molecule has 0 bridgehead atoms. The van der Waals surface area contributed by atoms with E-state index in [9.17, 15) is 44.3 Å². The number of rotatable bonds is 11. The molecular weight excluding hydrogens is 750 g/mol. The third kappa shape index (κ3) is 9.67. The molecular formula is C37H27ClF6N2O6S. The number of hydrogen-bond acceptors (Lipinski definition) is 6. The zero-order chi connectivity index (χ0) is 38.6. The van der Waals surface area contributed by atoms with Gasteiger partial charge in [0, 0.05) is 17.0 Å². The lowest BCUT2D eigenvalue weighted by atomic mass is 9.99. The van der Waals surface area contributed by atoms with Crippen molar-refractivity contribution in [3.05, 3.63) is 143 Å². The van der Waals surface area contributed by atoms with Crippen molar-refractivity contribution in [1.82, 2.24) is 5.32 Å². The first-order valence-corrected chi connectivity index (χ1v) is 17.2. The molecule has 276 valence electrons. The molecule has 16 heteroatoms. The molecule has 1 amide bonds. The van der Waals surface area contributed by atoms with E-state index in [-0.39, 0.29) is 29.6 Å². The highest BCUT2D eigenvalue weighted by Crippen LogP contribution is 2.38. The predicted octanol–water partition coefficient (Wildman–Crippen LogP) is 9.15. The fraction of sp³-hybridized carbons (Fsp3) is 0.135. The Morgan fingerprint density at radius 2 is 1.38 bits per heavy atom. The highest BCUT2D eigenvalue weighted by Gasteiger charge is 2.38. The molecule has 2 N–H and O–H groups in total. The predicted molar refractivity (Wildman–Crippen MR) is 184 cm³/mol. The Bertz CT molecular complexity index is 2200. The van der Waals surface area contributed by atoms with Gasteiger partial charge in [-0.05, 0) is 65.7 Å². The normalized spacial score (nSPS) is 12.5. The molecule has 5 aromatic rings. The molecule has 5 rings (SSSR count). The van der Waals surface area contributed by atoms with Gasteiger partial charge >= 0.3 is 18.3 Å². The SMILES string of the molecule is COC(=O)[C@H](Cc1ccc(-c2ccccc2Oc2ccccc2)cc1)NC(=O)c1cc(Cl)ccc1NS(=O)(=O)c1cc(C(F)(F)F)cc(C(F)(F)F)c1. The molecule has 0 heterocycles. The molecule has 0 unspecified atom stereocenters. The van der Waals surface area contributed by atoms with Crippen LogP contribution in [0.5, 0.6) is 11.5 Å². The van der Waals surface area contributed by atoms with Gasteiger partial charge in [0.25, 0.3) is 15.9 Å². The zero-order valence-electron chi connectivity index (χ0n) is 27.3. The summed E-state index contributed by atoms with van der Waals surface area (Å²) in [6.07, 6.45) is -10.7. The number of carbonyl (C=O) groups is 2. The standard InChI is InChI=1S/C37H27ClF6N2O6S/c1-51-35(48)32(17-22-11-13-23(14-12-22)29-9-5-6-10-33(29)52-27-7-3-2-4-8-27)45-34(47)30-21-26(38)15-16-31(30)46-53(49,50)28-19-24(36(39,40)41)18-25(20-28)37(42,43)44/h2-16,18-21,32,46H,17H2,1H3,(H,45,47)/t32-/m0/s1. The lowest BCUT2D eigenvalue weighted by molar-refractivity contribution is -0.144. The lowest BCUT2D eigenvalue weighted by Crippen LogP contribution is -2.43. The van der Waals surface area contributed by atoms with Gasteiger partial charge in [0.15, 0.2) is 0 Å². The van der Waals surface area contributed by atoms with Crippen molar-refractivity contribution < 1.29 is 53.8 Å². The number of para-hydroxylation sites is 2. The summed E-state index contributed by atoms with van der Waals surface area (Å²) in [5.74, 6) is -0.718. The molecule has 0 saturated carbocycles. The topological polar surface area (TPSA) is 111 Å². The maximum atomic E-state index is 13.5. The minimum absolute atomic E-state index is 0.0285. The van der Waals surface area contributed by atoms with Crippen LogP contribution >= 0.6 is 11.6 Å². The van der Waals surface area contributed by atoms with Gasteiger partial charge in [-0.25, -0.2) is 13.2 Å². The van der Waals surface area contributed by atoms with Gasteiger partial charge in [-0.15, -0.1) is 0 Å². The van der Waals surface area contributed by atoms with Crippen LogP contribution in [-0.2, 0) is 38.3 Å². The number of esters is 1. The quantitative estimate of drug-likeness (QED) is 0.102. The Morgan fingerprint density at radius 1 is 0.774 bits per heavy atom. The summed E-state index contributed by atoms with van der Waals surface area (Å²) in [4.78, 5) is 25.0. The number of methoxy groups -OCH3 is 1. The van der Waals surface area contributed by atoms with E-state index >= 15 is 0 Å². The van der Waals surface area contributed by atoms with Crippen molar-refractivity contribution in [1.29, 1.82) is 0 Å². The van der Waals surface area contributed by atoms with E-state index in [0.717, 1.165) is 36.4 Å². The Morgan fingerprint density at radius 3 is 1.98 bits per heavy atom. The Labute approximate surface area is 304 Å². The average Bonchev–Trinajstić information content (AvgIpc) is 3.11. The van der Waals surface area contributed by atoms with Crippen molar-refractivity contribution >= 4 is 39.2 Å². The fourth-order valence-corrected chi connectivity index (χ4v) is 6.44.